The Morgan fingerprint density at radius 1 is 1.30 bits per heavy atom. The summed E-state index contributed by atoms with van der Waals surface area (Å²) in [6, 6.07) is 0. The average Bonchev–Trinajstić information content (AvgIpc) is 1.91. The lowest BCUT2D eigenvalue weighted by Gasteiger charge is -2.13. The van der Waals surface area contributed by atoms with Crippen LogP contribution in [0.5, 0.6) is 0 Å². The summed E-state index contributed by atoms with van der Waals surface area (Å²) in [4.78, 5) is 0. The van der Waals surface area contributed by atoms with E-state index in [0.717, 1.165) is 21.8 Å². The molecule has 3 heteroatoms. The molecular formula is C7H17Al2O. The first-order valence-corrected chi connectivity index (χ1v) is 8.92. The van der Waals surface area contributed by atoms with Gasteiger partial charge in [-0.2, -0.15) is 0 Å². The molecule has 1 aliphatic heterocycles. The third-order valence-corrected chi connectivity index (χ3v) is 3.43. The maximum absolute atomic E-state index is 5.42. The van der Waals surface area contributed by atoms with Gasteiger partial charge in [0.1, 0.15) is 0 Å². The van der Waals surface area contributed by atoms with E-state index in [1.165, 1.54) is 18.1 Å². The van der Waals surface area contributed by atoms with Crippen molar-refractivity contribution in [2.45, 2.75) is 35.5 Å². The SMILES string of the molecule is [CH3][Al]1[CH2]CCC[O]1.[CH3][Al][CH3]. The summed E-state index contributed by atoms with van der Waals surface area (Å²) in [7, 11) is 0. The Bertz CT molecular complexity index is 62.6. The van der Waals surface area contributed by atoms with Crippen LogP contribution in [0.25, 0.3) is 0 Å². The first-order chi connectivity index (χ1) is 4.81. The van der Waals surface area contributed by atoms with Crippen LogP contribution in [0, 0.1) is 0 Å². The molecule has 0 aliphatic carbocycles. The quantitative estimate of drug-likeness (QED) is 0.508. The van der Waals surface area contributed by atoms with E-state index in [9.17, 15) is 0 Å². The summed E-state index contributed by atoms with van der Waals surface area (Å²) < 4.78 is 5.42. The Morgan fingerprint density at radius 3 is 2.10 bits per heavy atom. The van der Waals surface area contributed by atoms with Crippen molar-refractivity contribution in [3.05, 3.63) is 0 Å². The second-order valence-corrected chi connectivity index (χ2v) is 6.44. The van der Waals surface area contributed by atoms with E-state index in [1.807, 2.05) is 0 Å². The second kappa shape index (κ2) is 8.12. The van der Waals surface area contributed by atoms with Crippen LogP contribution < -0.4 is 0 Å². The van der Waals surface area contributed by atoms with Crippen molar-refractivity contribution in [1.82, 2.24) is 0 Å². The first kappa shape index (κ1) is 11.0. The van der Waals surface area contributed by atoms with Crippen LogP contribution in [0.15, 0.2) is 0 Å². The van der Waals surface area contributed by atoms with Gasteiger partial charge >= 0.3 is 14.5 Å². The molecule has 1 fully saturated rings. The fraction of sp³-hybridized carbons (Fsp3) is 1.00. The number of hydrogen-bond acceptors (Lipinski definition) is 1. The molecule has 1 saturated heterocycles. The van der Waals surface area contributed by atoms with Gasteiger partial charge < -0.3 is 3.79 Å². The molecule has 0 amide bonds. The molecule has 0 aromatic heterocycles. The van der Waals surface area contributed by atoms with E-state index in [1.54, 1.807) is 0 Å². The molecule has 57 valence electrons. The van der Waals surface area contributed by atoms with Gasteiger partial charge in [-0.25, -0.2) is 0 Å². The maximum Gasteiger partial charge on any atom is 0.457 e. The van der Waals surface area contributed by atoms with Crippen molar-refractivity contribution in [2.75, 3.05) is 6.61 Å². The van der Waals surface area contributed by atoms with E-state index in [2.05, 4.69) is 17.4 Å². The summed E-state index contributed by atoms with van der Waals surface area (Å²) in [5, 5.41) is 1.40. The lowest BCUT2D eigenvalue weighted by Crippen LogP contribution is -2.18. The molecule has 1 rings (SSSR count). The summed E-state index contributed by atoms with van der Waals surface area (Å²) >= 11 is 0.155. The zero-order valence-corrected chi connectivity index (χ0v) is 9.70. The summed E-state index contributed by atoms with van der Waals surface area (Å²) in [5.74, 6) is 6.69. The van der Waals surface area contributed by atoms with Gasteiger partial charge in [-0.1, -0.05) is 17.5 Å². The van der Waals surface area contributed by atoms with Crippen LogP contribution >= 0.6 is 0 Å². The highest BCUT2D eigenvalue weighted by molar-refractivity contribution is 6.50. The molecule has 0 spiro atoms. The third kappa shape index (κ3) is 7.14. The van der Waals surface area contributed by atoms with E-state index in [4.69, 9.17) is 3.79 Å². The predicted molar refractivity (Wildman–Crippen MR) is 49.1 cm³/mol. The average molecular weight is 171 g/mol. The fourth-order valence-electron chi connectivity index (χ4n) is 0.902. The Labute approximate surface area is 75.6 Å². The summed E-state index contributed by atoms with van der Waals surface area (Å²) in [6.45, 7) is 1.05. The third-order valence-electron chi connectivity index (χ3n) is 1.41. The highest BCUT2D eigenvalue weighted by Crippen LogP contribution is 2.09. The van der Waals surface area contributed by atoms with Crippen LogP contribution in [0.2, 0.25) is 22.6 Å². The Morgan fingerprint density at radius 2 is 1.90 bits per heavy atom. The first-order valence-electron chi connectivity index (χ1n) is 4.16. The van der Waals surface area contributed by atoms with Gasteiger partial charge in [0, 0.05) is 6.61 Å². The van der Waals surface area contributed by atoms with Gasteiger partial charge in [0.25, 0.3) is 0 Å². The van der Waals surface area contributed by atoms with Crippen molar-refractivity contribution in [3.63, 3.8) is 0 Å². The largest absolute Gasteiger partial charge is 0.501 e. The van der Waals surface area contributed by atoms with Crippen LogP contribution in [0.4, 0.5) is 0 Å². The number of hydrogen-bond donors (Lipinski definition) is 0. The molecule has 0 atom stereocenters. The van der Waals surface area contributed by atoms with Crippen molar-refractivity contribution in [1.29, 1.82) is 0 Å². The highest BCUT2D eigenvalue weighted by atomic mass is 27.2. The van der Waals surface area contributed by atoms with Crippen molar-refractivity contribution >= 4 is 29.7 Å². The second-order valence-electron chi connectivity index (χ2n) is 2.75. The van der Waals surface area contributed by atoms with Crippen LogP contribution in [-0.2, 0) is 3.79 Å². The molecular weight excluding hydrogens is 154 g/mol. The monoisotopic (exact) mass is 171 g/mol. The van der Waals surface area contributed by atoms with Crippen LogP contribution in [0.3, 0.4) is 0 Å². The summed E-state index contributed by atoms with van der Waals surface area (Å²) in [5.41, 5.74) is 0. The van der Waals surface area contributed by atoms with E-state index in [0.29, 0.717) is 0 Å². The molecule has 10 heavy (non-hydrogen) atoms. The fourth-order valence-corrected chi connectivity index (χ4v) is 2.50. The minimum atomic E-state index is -0.595. The van der Waals surface area contributed by atoms with E-state index in [-0.39, 0.29) is 0 Å². The molecule has 0 saturated carbocycles. The van der Waals surface area contributed by atoms with Gasteiger partial charge in [0.05, 0.1) is 0 Å². The summed E-state index contributed by atoms with van der Waals surface area (Å²) in [6.07, 6.45) is 2.73. The molecule has 0 N–H and O–H groups in total. The van der Waals surface area contributed by atoms with Gasteiger partial charge in [0.2, 0.25) is 0 Å². The molecule has 1 heterocycles. The van der Waals surface area contributed by atoms with Crippen molar-refractivity contribution in [2.24, 2.45) is 0 Å². The Balaban J connectivity index is 0.000000236. The topological polar surface area (TPSA) is 9.23 Å². The number of rotatable bonds is 0. The van der Waals surface area contributed by atoms with E-state index < -0.39 is 14.5 Å². The molecule has 1 aliphatic rings. The Kier molecular flexibility index (Phi) is 8.96. The molecule has 1 nitrogen and oxygen atoms in total. The molecule has 0 aromatic rings. The molecule has 0 unspecified atom stereocenters. The predicted octanol–water partition coefficient (Wildman–Crippen LogP) is 2.20. The Hall–Kier alpha value is 1.02. The lowest BCUT2D eigenvalue weighted by atomic mass is 10.4. The van der Waals surface area contributed by atoms with Gasteiger partial charge in [-0.3, -0.25) is 0 Å². The van der Waals surface area contributed by atoms with Crippen molar-refractivity contribution in [3.8, 4) is 0 Å². The van der Waals surface area contributed by atoms with E-state index >= 15 is 0 Å². The molecule has 0 aromatic carbocycles. The van der Waals surface area contributed by atoms with Gasteiger partial charge in [-0.15, -0.1) is 11.6 Å². The zero-order valence-electron chi connectivity index (χ0n) is 7.39. The maximum atomic E-state index is 5.42. The normalized spacial score (nSPS) is 17.3. The van der Waals surface area contributed by atoms with Gasteiger partial charge in [0.15, 0.2) is 15.2 Å². The minimum absolute atomic E-state index is 0.595. The van der Waals surface area contributed by atoms with Crippen LogP contribution in [-0.4, -0.2) is 36.3 Å². The smallest absolute Gasteiger partial charge is 0.457 e. The lowest BCUT2D eigenvalue weighted by molar-refractivity contribution is 0.291. The zero-order chi connectivity index (χ0) is 7.82. The van der Waals surface area contributed by atoms with Crippen LogP contribution in [0.1, 0.15) is 12.8 Å². The minimum Gasteiger partial charge on any atom is -0.501 e. The highest BCUT2D eigenvalue weighted by Gasteiger charge is 2.15. The van der Waals surface area contributed by atoms with Gasteiger partial charge in [-0.05, 0) is 6.42 Å². The standard InChI is InChI=1S/C4H8O.3CH3.2Al/c1-2-3-4-5;;;;;/h1-4H2;3*1H3;;/q-1;;;;;+1. The van der Waals surface area contributed by atoms with Crippen molar-refractivity contribution < 1.29 is 3.79 Å². The molecule has 1 radical (unpaired) electrons. The molecule has 0 bridgehead atoms.